The fourth-order valence-electron chi connectivity index (χ4n) is 3.79. The van der Waals surface area contributed by atoms with Crippen LogP contribution >= 0.6 is 11.6 Å². The van der Waals surface area contributed by atoms with Gasteiger partial charge >= 0.3 is 12.1 Å². The molecule has 1 amide bonds. The zero-order chi connectivity index (χ0) is 27.0. The number of hydrogen-bond acceptors (Lipinski definition) is 7. The van der Waals surface area contributed by atoms with Crippen LogP contribution in [0.5, 0.6) is 17.2 Å². The highest BCUT2D eigenvalue weighted by Gasteiger charge is 2.31. The molecule has 37 heavy (non-hydrogen) atoms. The Balaban J connectivity index is 1.41. The number of nitrogens with zero attached hydrogens (tertiary/aromatic N) is 1. The van der Waals surface area contributed by atoms with Crippen molar-refractivity contribution < 1.29 is 42.1 Å². The third kappa shape index (κ3) is 8.43. The van der Waals surface area contributed by atoms with Gasteiger partial charge in [-0.3, -0.25) is 14.5 Å². The third-order valence-electron chi connectivity index (χ3n) is 5.73. The van der Waals surface area contributed by atoms with Crippen LogP contribution in [0.2, 0.25) is 5.02 Å². The summed E-state index contributed by atoms with van der Waals surface area (Å²) in [6.07, 6.45) is -3.08. The number of phenols is 1. The summed E-state index contributed by atoms with van der Waals surface area (Å²) in [4.78, 5) is 26.2. The van der Waals surface area contributed by atoms with Crippen molar-refractivity contribution in [3.05, 3.63) is 47.0 Å². The summed E-state index contributed by atoms with van der Waals surface area (Å²) in [6, 6.07) is 6.91. The van der Waals surface area contributed by atoms with Crippen LogP contribution in [-0.4, -0.2) is 61.3 Å². The fourth-order valence-corrected chi connectivity index (χ4v) is 4.02. The van der Waals surface area contributed by atoms with Crippen LogP contribution in [0.4, 0.5) is 18.9 Å². The van der Waals surface area contributed by atoms with Gasteiger partial charge in [0.1, 0.15) is 12.4 Å². The summed E-state index contributed by atoms with van der Waals surface area (Å²) < 4.78 is 54.1. The number of rotatable bonds is 10. The predicted octanol–water partition coefficient (Wildman–Crippen LogP) is 4.74. The number of likely N-dealkylation sites (tertiary alicyclic amines) is 1. The van der Waals surface area contributed by atoms with Crippen LogP contribution in [0.25, 0.3) is 0 Å². The molecule has 2 aromatic carbocycles. The number of phenolic OH excluding ortho intramolecular Hbond substituents is 1. The van der Waals surface area contributed by atoms with Crippen LogP contribution in [0, 0.1) is 5.92 Å². The predicted molar refractivity (Wildman–Crippen MR) is 130 cm³/mol. The van der Waals surface area contributed by atoms with Gasteiger partial charge in [-0.15, -0.1) is 0 Å². The van der Waals surface area contributed by atoms with Gasteiger partial charge in [0.05, 0.1) is 23.1 Å². The van der Waals surface area contributed by atoms with Gasteiger partial charge in [-0.05, 0) is 63.2 Å². The average molecular weight is 545 g/mol. The maximum atomic E-state index is 12.7. The molecule has 0 unspecified atom stereocenters. The molecule has 0 bridgehead atoms. The normalized spacial score (nSPS) is 14.7. The molecule has 0 spiro atoms. The van der Waals surface area contributed by atoms with Gasteiger partial charge < -0.3 is 24.6 Å². The molecule has 0 atom stereocenters. The summed E-state index contributed by atoms with van der Waals surface area (Å²) in [7, 11) is 0. The lowest BCUT2D eigenvalue weighted by molar-refractivity contribution is -0.149. The Labute approximate surface area is 217 Å². The van der Waals surface area contributed by atoms with E-state index in [0.29, 0.717) is 19.8 Å². The largest absolute Gasteiger partial charge is 0.504 e. The van der Waals surface area contributed by atoms with E-state index >= 15 is 0 Å². The van der Waals surface area contributed by atoms with Gasteiger partial charge in [0, 0.05) is 18.3 Å². The Bertz CT molecular complexity index is 1090. The van der Waals surface area contributed by atoms with Crippen molar-refractivity contribution >= 4 is 29.2 Å². The number of aromatic hydroxyl groups is 1. The van der Waals surface area contributed by atoms with Crippen molar-refractivity contribution in [2.45, 2.75) is 25.9 Å². The molecule has 2 N–H and O–H groups in total. The number of anilines is 1. The van der Waals surface area contributed by atoms with Crippen molar-refractivity contribution in [2.75, 3.05) is 44.8 Å². The van der Waals surface area contributed by atoms with Crippen LogP contribution in [0.15, 0.2) is 36.4 Å². The minimum atomic E-state index is -4.54. The molecule has 0 aliphatic carbocycles. The molecule has 0 saturated carbocycles. The number of alkyl halides is 3. The number of nitrogens with one attached hydrogen (secondary N) is 1. The van der Waals surface area contributed by atoms with Crippen molar-refractivity contribution in [1.82, 2.24) is 4.90 Å². The zero-order valence-electron chi connectivity index (χ0n) is 20.1. The highest BCUT2D eigenvalue weighted by Crippen LogP contribution is 2.35. The van der Waals surface area contributed by atoms with Crippen LogP contribution < -0.4 is 14.8 Å². The van der Waals surface area contributed by atoms with E-state index in [1.165, 1.54) is 18.2 Å². The van der Waals surface area contributed by atoms with Crippen molar-refractivity contribution in [2.24, 2.45) is 5.92 Å². The van der Waals surface area contributed by atoms with E-state index in [1.807, 2.05) is 0 Å². The molecular formula is C25H28ClF3N2O6. The Hall–Kier alpha value is -3.18. The Morgan fingerprint density at radius 3 is 2.43 bits per heavy atom. The minimum absolute atomic E-state index is 0.0680. The number of halogens is 4. The highest BCUT2D eigenvalue weighted by molar-refractivity contribution is 6.32. The topological polar surface area (TPSA) is 97.3 Å². The first kappa shape index (κ1) is 28.4. The first-order valence-electron chi connectivity index (χ1n) is 11.7. The molecule has 1 saturated heterocycles. The molecule has 2 aromatic rings. The fraction of sp³-hybridized carbons (Fsp3) is 0.440. The maximum Gasteiger partial charge on any atom is 0.416 e. The summed E-state index contributed by atoms with van der Waals surface area (Å²) in [6.45, 7) is 4.12. The van der Waals surface area contributed by atoms with Gasteiger partial charge in [0.15, 0.2) is 18.1 Å². The number of piperidine rings is 1. The number of carbonyl (C=O) groups excluding carboxylic acids is 2. The lowest BCUT2D eigenvalue weighted by Gasteiger charge is -2.30. The van der Waals surface area contributed by atoms with E-state index in [2.05, 4.69) is 10.2 Å². The number of benzene rings is 2. The lowest BCUT2D eigenvalue weighted by atomic mass is 9.97. The smallest absolute Gasteiger partial charge is 0.416 e. The highest BCUT2D eigenvalue weighted by atomic mass is 35.5. The number of amides is 1. The van der Waals surface area contributed by atoms with Crippen LogP contribution in [-0.2, 0) is 20.5 Å². The molecule has 0 radical (unpaired) electrons. The van der Waals surface area contributed by atoms with E-state index in [0.717, 1.165) is 44.1 Å². The molecule has 1 fully saturated rings. The van der Waals surface area contributed by atoms with Crippen molar-refractivity contribution in [1.29, 1.82) is 0 Å². The van der Waals surface area contributed by atoms with Crippen LogP contribution in [0.3, 0.4) is 0 Å². The van der Waals surface area contributed by atoms with E-state index in [9.17, 15) is 27.9 Å². The van der Waals surface area contributed by atoms with E-state index in [1.54, 1.807) is 6.92 Å². The molecule has 8 nitrogen and oxygen atoms in total. The molecule has 3 rings (SSSR count). The van der Waals surface area contributed by atoms with Gasteiger partial charge in [-0.25, -0.2) is 0 Å². The summed E-state index contributed by atoms with van der Waals surface area (Å²) in [5.74, 6) is -0.818. The second-order valence-corrected chi connectivity index (χ2v) is 8.79. The van der Waals surface area contributed by atoms with Gasteiger partial charge in [0.2, 0.25) is 0 Å². The molecule has 1 aliphatic rings. The Morgan fingerprint density at radius 1 is 1.11 bits per heavy atom. The first-order valence-corrected chi connectivity index (χ1v) is 12.1. The van der Waals surface area contributed by atoms with Crippen molar-refractivity contribution in [3.8, 4) is 17.2 Å². The quantitative estimate of drug-likeness (QED) is 0.417. The molecule has 1 aliphatic heterocycles. The standard InChI is InChI=1S/C25H28ClF3N2O6/c1-2-35-24(34)16-7-9-31(10-8-16)11-12-36-22-6-4-18(14-20(22)32)30-23(33)15-37-21-5-3-17(13-19(21)26)25(27,28)29/h3-6,13-14,16,32H,2,7-12,15H2,1H3,(H,30,33). The molecule has 0 aromatic heterocycles. The molecular weight excluding hydrogens is 517 g/mol. The van der Waals surface area contributed by atoms with Crippen LogP contribution in [0.1, 0.15) is 25.3 Å². The molecule has 202 valence electrons. The Kier molecular flexibility index (Phi) is 9.87. The van der Waals surface area contributed by atoms with E-state index in [4.69, 9.17) is 25.8 Å². The number of hydrogen-bond donors (Lipinski definition) is 2. The molecule has 1 heterocycles. The Morgan fingerprint density at radius 2 is 1.81 bits per heavy atom. The summed E-state index contributed by atoms with van der Waals surface area (Å²) in [5, 5.41) is 12.5. The first-order chi connectivity index (χ1) is 17.6. The molecule has 12 heteroatoms. The van der Waals surface area contributed by atoms with E-state index in [-0.39, 0.29) is 39.8 Å². The maximum absolute atomic E-state index is 12.7. The minimum Gasteiger partial charge on any atom is -0.504 e. The summed E-state index contributed by atoms with van der Waals surface area (Å²) >= 11 is 5.81. The number of ether oxygens (including phenoxy) is 3. The van der Waals surface area contributed by atoms with Gasteiger partial charge in [-0.1, -0.05) is 11.6 Å². The van der Waals surface area contributed by atoms with Crippen molar-refractivity contribution in [3.63, 3.8) is 0 Å². The number of esters is 1. The van der Waals surface area contributed by atoms with Gasteiger partial charge in [-0.2, -0.15) is 13.2 Å². The zero-order valence-corrected chi connectivity index (χ0v) is 20.9. The monoisotopic (exact) mass is 544 g/mol. The SMILES string of the molecule is CCOC(=O)C1CCN(CCOc2ccc(NC(=O)COc3ccc(C(F)(F)F)cc3Cl)cc2O)CC1. The average Bonchev–Trinajstić information content (AvgIpc) is 2.84. The second-order valence-electron chi connectivity index (χ2n) is 8.38. The summed E-state index contributed by atoms with van der Waals surface area (Å²) in [5.41, 5.74) is -0.649. The number of carbonyl (C=O) groups is 2. The van der Waals surface area contributed by atoms with E-state index < -0.39 is 24.3 Å². The third-order valence-corrected chi connectivity index (χ3v) is 6.03. The lowest BCUT2D eigenvalue weighted by Crippen LogP contribution is -2.39. The van der Waals surface area contributed by atoms with Gasteiger partial charge in [0.25, 0.3) is 5.91 Å². The second kappa shape index (κ2) is 12.9.